The second-order valence-electron chi connectivity index (χ2n) is 5.05. The number of aryl methyl sites for hydroxylation is 1. The van der Waals surface area contributed by atoms with Gasteiger partial charge in [0.25, 0.3) is 0 Å². The van der Waals surface area contributed by atoms with Gasteiger partial charge in [-0.1, -0.05) is 11.6 Å². The van der Waals surface area contributed by atoms with Crippen LogP contribution in [0.25, 0.3) is 0 Å². The van der Waals surface area contributed by atoms with E-state index in [2.05, 4.69) is 5.32 Å². The van der Waals surface area contributed by atoms with E-state index < -0.39 is 17.7 Å². The normalized spacial score (nSPS) is 24.8. The van der Waals surface area contributed by atoms with E-state index in [4.69, 9.17) is 11.6 Å². The van der Waals surface area contributed by atoms with Crippen LogP contribution in [-0.2, 0) is 21.4 Å². The summed E-state index contributed by atoms with van der Waals surface area (Å²) in [5, 5.41) is 2.95. The molecule has 1 aromatic heterocycles. The van der Waals surface area contributed by atoms with Gasteiger partial charge in [0.2, 0.25) is 5.91 Å². The molecule has 2 heterocycles. The summed E-state index contributed by atoms with van der Waals surface area (Å²) in [6, 6.07) is 1.72. The minimum Gasteiger partial charge on any atom is -0.357 e. The molecule has 5 nitrogen and oxygen atoms in total. The third kappa shape index (κ3) is 2.17. The van der Waals surface area contributed by atoms with Gasteiger partial charge in [-0.3, -0.25) is 9.59 Å². The number of amides is 1. The summed E-state index contributed by atoms with van der Waals surface area (Å²) in [5.41, 5.74) is 1.08. The lowest BCUT2D eigenvalue weighted by molar-refractivity contribution is -0.133. The molecule has 1 aliphatic carbocycles. The number of nitrogens with zero attached hydrogens (tertiary/aromatic N) is 1. The highest BCUT2D eigenvalue weighted by atomic mass is 35.5. The molecule has 1 fully saturated rings. The van der Waals surface area contributed by atoms with Crippen molar-refractivity contribution >= 4 is 29.2 Å². The fourth-order valence-corrected chi connectivity index (χ4v) is 2.93. The number of carbonyl (C=O) groups excluding carboxylic acids is 3. The van der Waals surface area contributed by atoms with Crippen LogP contribution >= 0.6 is 11.6 Å². The van der Waals surface area contributed by atoms with Crippen molar-refractivity contribution in [3.05, 3.63) is 52.5 Å². The Hall–Kier alpha value is -2.36. The molecule has 1 aromatic rings. The van der Waals surface area contributed by atoms with Gasteiger partial charge in [0.1, 0.15) is 11.9 Å². The average molecular weight is 303 g/mol. The maximum absolute atomic E-state index is 12.7. The van der Waals surface area contributed by atoms with Crippen LogP contribution in [0.3, 0.4) is 0 Å². The number of Topliss-reactive ketones (excluding diaryl/α,β-unsaturated/α-hetero) is 1. The molecular weight excluding hydrogens is 292 g/mol. The largest absolute Gasteiger partial charge is 0.357 e. The number of halogens is 1. The minimum absolute atomic E-state index is 0.142. The molecule has 1 saturated heterocycles. The van der Waals surface area contributed by atoms with Crippen molar-refractivity contribution in [2.75, 3.05) is 0 Å². The maximum atomic E-state index is 12.7. The molecule has 1 N–H and O–H groups in total. The van der Waals surface area contributed by atoms with Crippen LogP contribution in [0.4, 0.5) is 0 Å². The number of piperidine rings is 1. The second-order valence-corrected chi connectivity index (χ2v) is 5.49. The zero-order valence-electron chi connectivity index (χ0n) is 11.1. The maximum Gasteiger partial charge on any atom is 0.239 e. The van der Waals surface area contributed by atoms with Gasteiger partial charge in [-0.05, 0) is 23.8 Å². The van der Waals surface area contributed by atoms with Crippen LogP contribution in [0.15, 0.2) is 46.9 Å². The van der Waals surface area contributed by atoms with Crippen molar-refractivity contribution in [2.45, 2.75) is 5.92 Å². The van der Waals surface area contributed by atoms with Crippen molar-refractivity contribution in [1.82, 2.24) is 9.88 Å². The fourth-order valence-electron chi connectivity index (χ4n) is 2.70. The number of carbonyl (C=O) groups is 2. The van der Waals surface area contributed by atoms with E-state index in [9.17, 15) is 14.4 Å². The van der Waals surface area contributed by atoms with E-state index in [-0.39, 0.29) is 16.4 Å². The van der Waals surface area contributed by atoms with Gasteiger partial charge < -0.3 is 9.88 Å². The van der Waals surface area contributed by atoms with Crippen LogP contribution in [-0.4, -0.2) is 22.2 Å². The van der Waals surface area contributed by atoms with E-state index in [1.807, 2.05) is 0 Å². The highest BCUT2D eigenvalue weighted by Gasteiger charge is 2.44. The number of hydrogen-bond donors (Lipinski definition) is 1. The Balaban J connectivity index is 2.06. The number of aromatic nitrogens is 1. The molecule has 2 aliphatic rings. The van der Waals surface area contributed by atoms with Crippen LogP contribution < -0.4 is 5.32 Å². The number of hydrogen-bond acceptors (Lipinski definition) is 3. The van der Waals surface area contributed by atoms with Gasteiger partial charge in [-0.25, -0.2) is 4.79 Å². The Morgan fingerprint density at radius 3 is 2.67 bits per heavy atom. The summed E-state index contributed by atoms with van der Waals surface area (Å²) in [7, 11) is 1.81. The lowest BCUT2D eigenvalue weighted by Gasteiger charge is -2.31. The van der Waals surface area contributed by atoms with Gasteiger partial charge in [-0.2, -0.15) is 0 Å². The van der Waals surface area contributed by atoms with Gasteiger partial charge in [0.05, 0.1) is 11.5 Å². The summed E-state index contributed by atoms with van der Waals surface area (Å²) in [5.74, 6) is -0.747. The van der Waals surface area contributed by atoms with Gasteiger partial charge in [-0.15, -0.1) is 0 Å². The van der Waals surface area contributed by atoms with Crippen molar-refractivity contribution in [2.24, 2.45) is 13.0 Å². The molecule has 0 radical (unpaired) electrons. The molecular formula is C15H11ClN2O3. The Bertz CT molecular complexity index is 766. The highest BCUT2D eigenvalue weighted by molar-refractivity contribution is 6.32. The number of nitrogens with one attached hydrogen (secondary N) is 1. The predicted molar refractivity (Wildman–Crippen MR) is 76.0 cm³/mol. The quantitative estimate of drug-likeness (QED) is 0.626. The first-order chi connectivity index (χ1) is 10.0. The topological polar surface area (TPSA) is 68.2 Å². The minimum atomic E-state index is -0.929. The lowest BCUT2D eigenvalue weighted by atomic mass is 9.77. The predicted octanol–water partition coefficient (Wildman–Crippen LogP) is 1.20. The first-order valence-electron chi connectivity index (χ1n) is 6.31. The first kappa shape index (κ1) is 13.6. The van der Waals surface area contributed by atoms with E-state index in [1.165, 1.54) is 12.2 Å². The second kappa shape index (κ2) is 4.88. The number of allylic oxidation sites excluding steroid dienone is 4. The zero-order chi connectivity index (χ0) is 15.1. The molecule has 0 spiro atoms. The molecule has 2 atom stereocenters. The Morgan fingerprint density at radius 2 is 2.05 bits per heavy atom. The highest BCUT2D eigenvalue weighted by Crippen LogP contribution is 2.36. The third-order valence-corrected chi connectivity index (χ3v) is 3.83. The van der Waals surface area contributed by atoms with E-state index >= 15 is 0 Å². The zero-order valence-corrected chi connectivity index (χ0v) is 11.8. The molecule has 3 rings (SSSR count). The molecule has 0 bridgehead atoms. The van der Waals surface area contributed by atoms with Gasteiger partial charge in [0, 0.05) is 30.2 Å². The van der Waals surface area contributed by atoms with Crippen molar-refractivity contribution < 1.29 is 14.4 Å². The molecule has 1 aliphatic heterocycles. The molecule has 0 saturated carbocycles. The van der Waals surface area contributed by atoms with Gasteiger partial charge in [0.15, 0.2) is 5.78 Å². The Kier molecular flexibility index (Phi) is 3.16. The summed E-state index contributed by atoms with van der Waals surface area (Å²) in [6.45, 7) is 0. The summed E-state index contributed by atoms with van der Waals surface area (Å²) >= 11 is 5.88. The number of rotatable bonds is 1. The van der Waals surface area contributed by atoms with Gasteiger partial charge >= 0.3 is 0 Å². The van der Waals surface area contributed by atoms with Crippen LogP contribution in [0.2, 0.25) is 0 Å². The van der Waals surface area contributed by atoms with Crippen molar-refractivity contribution in [3.8, 4) is 0 Å². The number of fused-ring (bicyclic) bond motifs is 1. The van der Waals surface area contributed by atoms with Crippen molar-refractivity contribution in [1.29, 1.82) is 0 Å². The molecule has 21 heavy (non-hydrogen) atoms. The van der Waals surface area contributed by atoms with Crippen molar-refractivity contribution in [3.63, 3.8) is 0 Å². The molecule has 2 unspecified atom stereocenters. The SMILES string of the molecule is Cn1ccc(C2C(=O)NC3=CC(Cl)=CC(=C=O)C3C2=O)c1. The monoisotopic (exact) mass is 302 g/mol. The van der Waals surface area contributed by atoms with Crippen LogP contribution in [0.5, 0.6) is 0 Å². The van der Waals surface area contributed by atoms with Crippen LogP contribution in [0.1, 0.15) is 11.5 Å². The van der Waals surface area contributed by atoms with E-state index in [1.54, 1.807) is 36.0 Å². The Morgan fingerprint density at radius 1 is 1.29 bits per heavy atom. The molecule has 106 valence electrons. The van der Waals surface area contributed by atoms with E-state index in [0.717, 1.165) is 0 Å². The Labute approximate surface area is 125 Å². The summed E-state index contributed by atoms with van der Waals surface area (Å²) < 4.78 is 1.76. The van der Waals surface area contributed by atoms with Crippen LogP contribution in [0, 0.1) is 5.92 Å². The summed E-state index contributed by atoms with van der Waals surface area (Å²) in [4.78, 5) is 36.0. The fraction of sp³-hybridized carbons (Fsp3) is 0.200. The third-order valence-electron chi connectivity index (χ3n) is 3.61. The van der Waals surface area contributed by atoms with E-state index in [0.29, 0.717) is 11.3 Å². The lowest BCUT2D eigenvalue weighted by Crippen LogP contribution is -2.46. The molecule has 0 aromatic carbocycles. The average Bonchev–Trinajstić information content (AvgIpc) is 2.83. The molecule has 1 amide bonds. The standard InChI is InChI=1S/C15H11ClN2O3/c1-18-3-2-8(6-18)13-14(20)12-9(7-19)4-10(16)5-11(12)17-15(13)21/h2-6,12-13H,1H3,(H,17,21). The smallest absolute Gasteiger partial charge is 0.239 e. The molecule has 6 heteroatoms. The number of ketones is 1. The summed E-state index contributed by atoms with van der Waals surface area (Å²) in [6.07, 6.45) is 6.37. The first-order valence-corrected chi connectivity index (χ1v) is 6.69.